The quantitative estimate of drug-likeness (QED) is 0.236. The number of anilines is 3. The van der Waals surface area contributed by atoms with Crippen molar-refractivity contribution in [3.05, 3.63) is 64.9 Å². The Labute approximate surface area is 230 Å². The Morgan fingerprint density at radius 1 is 1.18 bits per heavy atom. The number of rotatable bonds is 10. The molecule has 4 rings (SSSR count). The molecule has 2 amide bonds. The van der Waals surface area contributed by atoms with Gasteiger partial charge in [-0.3, -0.25) is 14.9 Å². The van der Waals surface area contributed by atoms with Crippen LogP contribution >= 0.6 is 11.6 Å². The van der Waals surface area contributed by atoms with E-state index in [-0.39, 0.29) is 17.7 Å². The Hall–Kier alpha value is -3.93. The topological polar surface area (TPSA) is 135 Å². The van der Waals surface area contributed by atoms with Gasteiger partial charge in [-0.25, -0.2) is 9.48 Å². The number of amides is 2. The molecule has 0 saturated carbocycles. The lowest BCUT2D eigenvalue weighted by Gasteiger charge is -2.22. The molecule has 1 aliphatic heterocycles. The number of aromatic nitrogens is 2. The molecule has 1 atom stereocenters. The number of benzene rings is 2. The fourth-order valence-electron chi connectivity index (χ4n) is 4.10. The zero-order chi connectivity index (χ0) is 27.9. The first-order valence-electron chi connectivity index (χ1n) is 12.4. The summed E-state index contributed by atoms with van der Waals surface area (Å²) in [6.07, 6.45) is 4.56. The zero-order valence-corrected chi connectivity index (χ0v) is 22.4. The number of carbonyl (C=O) groups is 3. The number of ether oxygens (including phenoxy) is 2. The molecule has 39 heavy (non-hydrogen) atoms. The Balaban J connectivity index is 1.41. The van der Waals surface area contributed by atoms with E-state index in [1.54, 1.807) is 54.1 Å². The molecule has 0 spiro atoms. The normalized spacial score (nSPS) is 15.0. The number of Topliss-reactive ketones (excluding diaryl/α,β-unsaturated/α-hetero) is 1. The van der Waals surface area contributed by atoms with E-state index in [0.717, 1.165) is 24.8 Å². The van der Waals surface area contributed by atoms with Crippen molar-refractivity contribution in [1.82, 2.24) is 9.78 Å². The number of nitrogens with one attached hydrogen (secondary N) is 2. The van der Waals surface area contributed by atoms with Crippen LogP contribution in [0.1, 0.15) is 41.6 Å². The van der Waals surface area contributed by atoms with Crippen molar-refractivity contribution >= 4 is 46.4 Å². The molecule has 2 aromatic carbocycles. The highest BCUT2D eigenvalue weighted by Crippen LogP contribution is 2.34. The molecule has 3 N–H and O–H groups in total. The van der Waals surface area contributed by atoms with Crippen LogP contribution < -0.4 is 15.5 Å². The van der Waals surface area contributed by atoms with E-state index >= 15 is 0 Å². The molecule has 11 nitrogen and oxygen atoms in total. The predicted octanol–water partition coefficient (Wildman–Crippen LogP) is 4.94. The molecule has 206 valence electrons. The molecule has 0 aliphatic carbocycles. The summed E-state index contributed by atoms with van der Waals surface area (Å²) in [7, 11) is 3.50. The summed E-state index contributed by atoms with van der Waals surface area (Å²) in [5.74, 6) is -1.03. The van der Waals surface area contributed by atoms with Crippen molar-refractivity contribution in [2.75, 3.05) is 36.2 Å². The van der Waals surface area contributed by atoms with E-state index in [0.29, 0.717) is 35.2 Å². The molecule has 1 saturated heterocycles. The van der Waals surface area contributed by atoms with Gasteiger partial charge in [-0.1, -0.05) is 23.7 Å². The van der Waals surface area contributed by atoms with Crippen LogP contribution in [0.5, 0.6) is 0 Å². The van der Waals surface area contributed by atoms with Gasteiger partial charge in [0.05, 0.1) is 47.0 Å². The molecule has 0 radical (unpaired) electrons. The minimum Gasteiger partial charge on any atom is -0.465 e. The highest BCUT2D eigenvalue weighted by molar-refractivity contribution is 6.34. The largest absolute Gasteiger partial charge is 0.465 e. The summed E-state index contributed by atoms with van der Waals surface area (Å²) in [6.45, 7) is 1.07. The van der Waals surface area contributed by atoms with Crippen molar-refractivity contribution in [2.45, 2.75) is 38.6 Å². The van der Waals surface area contributed by atoms with Crippen molar-refractivity contribution in [2.24, 2.45) is 0 Å². The van der Waals surface area contributed by atoms with Gasteiger partial charge in [0.15, 0.2) is 12.1 Å². The van der Waals surface area contributed by atoms with Crippen LogP contribution in [-0.2, 0) is 20.9 Å². The number of carbonyl (C=O) groups excluding carboxylic acids is 2. The minimum atomic E-state index is -1.30. The van der Waals surface area contributed by atoms with E-state index in [2.05, 4.69) is 15.7 Å². The lowest BCUT2D eigenvalue weighted by Crippen LogP contribution is -2.21. The van der Waals surface area contributed by atoms with Gasteiger partial charge in [0.25, 0.3) is 0 Å². The van der Waals surface area contributed by atoms with E-state index < -0.39 is 24.2 Å². The van der Waals surface area contributed by atoms with Gasteiger partial charge in [0.1, 0.15) is 0 Å². The molecule has 1 aliphatic rings. The third-order valence-corrected chi connectivity index (χ3v) is 6.35. The smallest absolute Gasteiger partial charge is 0.409 e. The van der Waals surface area contributed by atoms with Gasteiger partial charge in [-0.2, -0.15) is 5.10 Å². The molecular weight excluding hydrogens is 526 g/mol. The minimum absolute atomic E-state index is 0.131. The summed E-state index contributed by atoms with van der Waals surface area (Å²) in [6, 6.07) is 9.72. The van der Waals surface area contributed by atoms with E-state index in [4.69, 9.17) is 21.1 Å². The number of carboxylic acid groups (broad SMARTS) is 1. The monoisotopic (exact) mass is 555 g/mol. The van der Waals surface area contributed by atoms with Gasteiger partial charge < -0.3 is 24.8 Å². The van der Waals surface area contributed by atoms with E-state index in [9.17, 15) is 19.5 Å². The Morgan fingerprint density at radius 3 is 2.69 bits per heavy atom. The zero-order valence-electron chi connectivity index (χ0n) is 21.6. The Kier molecular flexibility index (Phi) is 9.18. The van der Waals surface area contributed by atoms with Gasteiger partial charge in [0.2, 0.25) is 5.91 Å². The maximum Gasteiger partial charge on any atom is 0.409 e. The first kappa shape index (κ1) is 28.1. The van der Waals surface area contributed by atoms with E-state index in [1.165, 1.54) is 12.1 Å². The average molecular weight is 556 g/mol. The Bertz CT molecular complexity index is 1350. The summed E-state index contributed by atoms with van der Waals surface area (Å²) < 4.78 is 13.0. The van der Waals surface area contributed by atoms with Crippen molar-refractivity contribution < 1.29 is 29.0 Å². The maximum atomic E-state index is 12.9. The predicted molar refractivity (Wildman–Crippen MR) is 147 cm³/mol. The number of hydrogen-bond acceptors (Lipinski definition) is 7. The third-order valence-electron chi connectivity index (χ3n) is 6.05. The standard InChI is InChI=1S/C27H30ClN5O6/c1-32(2)23-12-22(31-27(36)37)21(11-20(23)28)30-25(35)13-24(34)18-6-5-7-19(10-18)33-15-17(14-29-33)16-39-26-8-3-4-9-38-26/h5-7,10-12,14-15,26,31H,3-4,8-9,13,16H2,1-2H3,(H,30,35)(H,36,37). The summed E-state index contributed by atoms with van der Waals surface area (Å²) in [5, 5.41) is 18.7. The fourth-order valence-corrected chi connectivity index (χ4v) is 4.43. The average Bonchev–Trinajstić information content (AvgIpc) is 3.38. The van der Waals surface area contributed by atoms with Gasteiger partial charge in [-0.15, -0.1) is 0 Å². The number of nitrogens with zero attached hydrogens (tertiary/aromatic N) is 3. The summed E-state index contributed by atoms with van der Waals surface area (Å²) in [4.78, 5) is 38.6. The molecule has 3 aromatic rings. The molecule has 0 bridgehead atoms. The highest BCUT2D eigenvalue weighted by atomic mass is 35.5. The lowest BCUT2D eigenvalue weighted by atomic mass is 10.1. The fraction of sp³-hybridized carbons (Fsp3) is 0.333. The van der Waals surface area contributed by atoms with Crippen LogP contribution in [0.3, 0.4) is 0 Å². The molecule has 1 fully saturated rings. The van der Waals surface area contributed by atoms with Crippen molar-refractivity contribution in [1.29, 1.82) is 0 Å². The Morgan fingerprint density at radius 2 is 1.97 bits per heavy atom. The van der Waals surface area contributed by atoms with Crippen LogP contribution in [0.4, 0.5) is 21.9 Å². The second kappa shape index (κ2) is 12.7. The molecule has 1 aromatic heterocycles. The number of ketones is 1. The van der Waals surface area contributed by atoms with Crippen molar-refractivity contribution in [3.63, 3.8) is 0 Å². The summed E-state index contributed by atoms with van der Waals surface area (Å²) >= 11 is 6.30. The molecule has 12 heteroatoms. The summed E-state index contributed by atoms with van der Waals surface area (Å²) in [5.41, 5.74) is 2.68. The van der Waals surface area contributed by atoms with Crippen LogP contribution in [0, 0.1) is 0 Å². The molecule has 2 heterocycles. The van der Waals surface area contributed by atoms with Gasteiger partial charge in [-0.05, 0) is 43.5 Å². The third kappa shape index (κ3) is 7.56. The molecular formula is C27H30ClN5O6. The number of halogens is 1. The highest BCUT2D eigenvalue weighted by Gasteiger charge is 2.18. The van der Waals surface area contributed by atoms with Gasteiger partial charge >= 0.3 is 6.09 Å². The van der Waals surface area contributed by atoms with E-state index in [1.807, 2.05) is 6.20 Å². The van der Waals surface area contributed by atoms with Crippen LogP contribution in [-0.4, -0.2) is 59.7 Å². The maximum absolute atomic E-state index is 12.9. The van der Waals surface area contributed by atoms with Gasteiger partial charge in [0, 0.05) is 38.0 Å². The van der Waals surface area contributed by atoms with Crippen LogP contribution in [0.25, 0.3) is 5.69 Å². The van der Waals surface area contributed by atoms with Crippen LogP contribution in [0.2, 0.25) is 5.02 Å². The molecule has 1 unspecified atom stereocenters. The first-order chi connectivity index (χ1) is 18.7. The van der Waals surface area contributed by atoms with Crippen molar-refractivity contribution in [3.8, 4) is 5.69 Å². The lowest BCUT2D eigenvalue weighted by molar-refractivity contribution is -0.168. The first-order valence-corrected chi connectivity index (χ1v) is 12.8. The second-order valence-corrected chi connectivity index (χ2v) is 9.68. The number of hydrogen-bond donors (Lipinski definition) is 3. The van der Waals surface area contributed by atoms with Crippen LogP contribution in [0.15, 0.2) is 48.8 Å². The SMILES string of the molecule is CN(C)c1cc(NC(=O)O)c(NC(=O)CC(=O)c2cccc(-n3cc(COC4CCCCO4)cn3)c2)cc1Cl. The second-order valence-electron chi connectivity index (χ2n) is 9.27.